The van der Waals surface area contributed by atoms with E-state index in [1.165, 1.54) is 65.5 Å². The lowest BCUT2D eigenvalue weighted by molar-refractivity contribution is -0.0399. The van der Waals surface area contributed by atoms with Crippen LogP contribution in [0.2, 0.25) is 0 Å². The summed E-state index contributed by atoms with van der Waals surface area (Å²) in [5.74, 6) is 3.41. The van der Waals surface area contributed by atoms with Crippen LogP contribution in [0.1, 0.15) is 43.2 Å². The molecule has 0 aliphatic heterocycles. The Hall–Kier alpha value is -5.86. The van der Waals surface area contributed by atoms with Crippen molar-refractivity contribution in [1.82, 2.24) is 0 Å². The number of para-hydroxylation sites is 1. The van der Waals surface area contributed by atoms with Crippen molar-refractivity contribution in [3.05, 3.63) is 175 Å². The number of anilines is 3. The highest BCUT2D eigenvalue weighted by Crippen LogP contribution is 2.69. The first kappa shape index (κ1) is 30.6. The molecule has 54 heavy (non-hydrogen) atoms. The third-order valence-electron chi connectivity index (χ3n) is 13.9. The van der Waals surface area contributed by atoms with Gasteiger partial charge in [-0.1, -0.05) is 109 Å². The third-order valence-corrected chi connectivity index (χ3v) is 13.9. The highest BCUT2D eigenvalue weighted by molar-refractivity contribution is 6.06. The molecule has 2 nitrogen and oxygen atoms in total. The Kier molecular flexibility index (Phi) is 6.55. The number of benzene rings is 7. The van der Waals surface area contributed by atoms with E-state index >= 15 is 0 Å². The molecule has 1 aromatic heterocycles. The first-order chi connectivity index (χ1) is 26.7. The number of hydrogen-bond donors (Lipinski definition) is 0. The van der Waals surface area contributed by atoms with E-state index < -0.39 is 0 Å². The summed E-state index contributed by atoms with van der Waals surface area (Å²) in [6, 6.07) is 60.6. The molecule has 13 rings (SSSR count). The lowest BCUT2D eigenvalue weighted by atomic mass is 9.43. The minimum absolute atomic E-state index is 0.174. The first-order valence-electron chi connectivity index (χ1n) is 19.9. The van der Waals surface area contributed by atoms with Crippen LogP contribution in [0.5, 0.6) is 0 Å². The molecule has 260 valence electrons. The van der Waals surface area contributed by atoms with Crippen LogP contribution in [-0.2, 0) is 5.41 Å². The van der Waals surface area contributed by atoms with Gasteiger partial charge in [0.1, 0.15) is 11.2 Å². The maximum Gasteiger partial charge on any atom is 0.137 e. The third kappa shape index (κ3) is 4.40. The fourth-order valence-electron chi connectivity index (χ4n) is 11.9. The van der Waals surface area contributed by atoms with Gasteiger partial charge in [0, 0.05) is 39.3 Å². The molecule has 4 fully saturated rings. The molecule has 5 aliphatic rings. The fourth-order valence-corrected chi connectivity index (χ4v) is 11.9. The lowest BCUT2D eigenvalue weighted by Gasteiger charge is -2.61. The molecular weight excluding hydrogens is 655 g/mol. The molecule has 0 amide bonds. The summed E-state index contributed by atoms with van der Waals surface area (Å²) in [4.78, 5) is 2.36. The van der Waals surface area contributed by atoms with Gasteiger partial charge >= 0.3 is 0 Å². The molecule has 4 bridgehead atoms. The molecule has 1 heterocycles. The van der Waals surface area contributed by atoms with Gasteiger partial charge in [-0.3, -0.25) is 0 Å². The van der Waals surface area contributed by atoms with Crippen LogP contribution in [0.25, 0.3) is 55.3 Å². The number of rotatable bonds is 5. The Balaban J connectivity index is 0.952. The van der Waals surface area contributed by atoms with Gasteiger partial charge in [0.2, 0.25) is 0 Å². The van der Waals surface area contributed by atoms with Crippen molar-refractivity contribution in [2.24, 2.45) is 23.7 Å². The van der Waals surface area contributed by atoms with E-state index in [2.05, 4.69) is 163 Å². The van der Waals surface area contributed by atoms with Crippen LogP contribution in [0.4, 0.5) is 17.1 Å². The summed E-state index contributed by atoms with van der Waals surface area (Å²) < 4.78 is 6.39. The Bertz CT molecular complexity index is 2690. The van der Waals surface area contributed by atoms with E-state index in [-0.39, 0.29) is 5.41 Å². The predicted octanol–water partition coefficient (Wildman–Crippen LogP) is 14.1. The Morgan fingerprint density at radius 2 is 0.963 bits per heavy atom. The average molecular weight is 696 g/mol. The molecule has 0 N–H and O–H groups in total. The molecule has 5 aliphatic carbocycles. The molecular formula is C52H41NO. The molecule has 0 saturated heterocycles. The zero-order valence-corrected chi connectivity index (χ0v) is 30.3. The van der Waals surface area contributed by atoms with Crippen molar-refractivity contribution in [3.63, 3.8) is 0 Å². The zero-order chi connectivity index (χ0) is 35.4. The van der Waals surface area contributed by atoms with Gasteiger partial charge in [-0.05, 0) is 149 Å². The number of hydrogen-bond acceptors (Lipinski definition) is 2. The van der Waals surface area contributed by atoms with Crippen LogP contribution in [0, 0.1) is 23.7 Å². The van der Waals surface area contributed by atoms with Gasteiger partial charge in [-0.2, -0.15) is 0 Å². The Morgan fingerprint density at radius 3 is 1.70 bits per heavy atom. The van der Waals surface area contributed by atoms with Crippen LogP contribution in [0.3, 0.4) is 0 Å². The van der Waals surface area contributed by atoms with E-state index in [1.807, 2.05) is 6.07 Å². The van der Waals surface area contributed by atoms with Crippen molar-refractivity contribution < 1.29 is 4.42 Å². The standard InChI is InChI=1S/C52H41NO/c1-2-8-35(9-3-1)36-14-19-41(20-15-36)53(43-23-25-47-46-11-5-7-13-50(46)54-51(47)32-43)42-21-16-37(17-22-42)38-18-24-45-44-10-4-6-12-48(44)52(49(45)31-38)39-27-33-26-34(29-39)30-40(52)28-33/h1-25,31-34,39-40H,26-30H2. The quantitative estimate of drug-likeness (QED) is 0.178. The monoisotopic (exact) mass is 695 g/mol. The largest absolute Gasteiger partial charge is 0.456 e. The second-order valence-corrected chi connectivity index (χ2v) is 16.6. The summed E-state index contributed by atoms with van der Waals surface area (Å²) in [6.45, 7) is 0. The van der Waals surface area contributed by atoms with Gasteiger partial charge in [-0.15, -0.1) is 0 Å². The highest BCUT2D eigenvalue weighted by Gasteiger charge is 2.61. The van der Waals surface area contributed by atoms with E-state index in [9.17, 15) is 0 Å². The van der Waals surface area contributed by atoms with Crippen molar-refractivity contribution >= 4 is 39.0 Å². The molecule has 8 aromatic rings. The first-order valence-corrected chi connectivity index (χ1v) is 19.9. The second-order valence-electron chi connectivity index (χ2n) is 16.6. The van der Waals surface area contributed by atoms with Crippen LogP contribution in [-0.4, -0.2) is 0 Å². The van der Waals surface area contributed by atoms with E-state index in [0.717, 1.165) is 62.7 Å². The van der Waals surface area contributed by atoms with E-state index in [1.54, 1.807) is 11.1 Å². The van der Waals surface area contributed by atoms with Gasteiger partial charge in [0.05, 0.1) is 0 Å². The maximum absolute atomic E-state index is 6.39. The van der Waals surface area contributed by atoms with Gasteiger partial charge in [0.15, 0.2) is 0 Å². The topological polar surface area (TPSA) is 16.4 Å². The summed E-state index contributed by atoms with van der Waals surface area (Å²) >= 11 is 0. The van der Waals surface area contributed by atoms with Crippen molar-refractivity contribution in [3.8, 4) is 33.4 Å². The van der Waals surface area contributed by atoms with Crippen LogP contribution >= 0.6 is 0 Å². The minimum Gasteiger partial charge on any atom is -0.456 e. The van der Waals surface area contributed by atoms with Crippen LogP contribution in [0.15, 0.2) is 168 Å². The molecule has 0 unspecified atom stereocenters. The smallest absolute Gasteiger partial charge is 0.137 e. The molecule has 4 saturated carbocycles. The van der Waals surface area contributed by atoms with E-state index in [4.69, 9.17) is 4.42 Å². The normalized spacial score (nSPS) is 23.3. The molecule has 7 aromatic carbocycles. The lowest BCUT2D eigenvalue weighted by Crippen LogP contribution is -2.55. The molecule has 0 atom stereocenters. The summed E-state index contributed by atoms with van der Waals surface area (Å²) in [7, 11) is 0. The van der Waals surface area contributed by atoms with Crippen molar-refractivity contribution in [1.29, 1.82) is 0 Å². The van der Waals surface area contributed by atoms with E-state index in [0.29, 0.717) is 0 Å². The van der Waals surface area contributed by atoms with Crippen molar-refractivity contribution in [2.75, 3.05) is 4.90 Å². The minimum atomic E-state index is 0.174. The number of nitrogens with zero attached hydrogens (tertiary/aromatic N) is 1. The second kappa shape index (κ2) is 11.6. The highest BCUT2D eigenvalue weighted by atomic mass is 16.3. The summed E-state index contributed by atoms with van der Waals surface area (Å²) in [5, 5.41) is 2.29. The Labute approximate surface area is 316 Å². The molecule has 1 spiro atoms. The SMILES string of the molecule is c1ccc(-c2ccc(N(c3ccc(-c4ccc5c(c4)C4(c6ccccc6-5)C5CC6CC(C5)CC4C6)cc3)c3ccc4c(c3)oc3ccccc34)cc2)cc1. The maximum atomic E-state index is 6.39. The number of furan rings is 1. The number of fused-ring (bicyclic) bond motifs is 6. The van der Waals surface area contributed by atoms with Crippen LogP contribution < -0.4 is 4.90 Å². The van der Waals surface area contributed by atoms with Crippen molar-refractivity contribution in [2.45, 2.75) is 37.5 Å². The summed E-state index contributed by atoms with van der Waals surface area (Å²) in [5.41, 5.74) is 16.5. The Morgan fingerprint density at radius 1 is 0.407 bits per heavy atom. The zero-order valence-electron chi connectivity index (χ0n) is 30.3. The molecule has 0 radical (unpaired) electrons. The summed E-state index contributed by atoms with van der Waals surface area (Å²) in [6.07, 6.45) is 7.09. The molecule has 2 heteroatoms. The predicted molar refractivity (Wildman–Crippen MR) is 223 cm³/mol. The average Bonchev–Trinajstić information content (AvgIpc) is 3.74. The fraction of sp³-hybridized carbons (Fsp3) is 0.192. The van der Waals surface area contributed by atoms with Gasteiger partial charge < -0.3 is 9.32 Å². The van der Waals surface area contributed by atoms with Gasteiger partial charge in [-0.25, -0.2) is 0 Å². The van der Waals surface area contributed by atoms with Gasteiger partial charge in [0.25, 0.3) is 0 Å².